The average molecular weight is 353 g/mol. The fourth-order valence-corrected chi connectivity index (χ4v) is 3.02. The SMILES string of the molecule is Cc1cccn2c(NC(=O)/C=C/c3ccccc3)c(-c3ccccc3)nc12. The van der Waals surface area contributed by atoms with Crippen LogP contribution in [0.2, 0.25) is 0 Å². The largest absolute Gasteiger partial charge is 0.306 e. The van der Waals surface area contributed by atoms with Gasteiger partial charge in [0, 0.05) is 17.8 Å². The maximum Gasteiger partial charge on any atom is 0.249 e. The first-order valence-electron chi connectivity index (χ1n) is 8.79. The number of fused-ring (bicyclic) bond motifs is 1. The molecule has 0 unspecified atom stereocenters. The Morgan fingerprint density at radius 3 is 2.41 bits per heavy atom. The summed E-state index contributed by atoms with van der Waals surface area (Å²) in [6.07, 6.45) is 5.25. The summed E-state index contributed by atoms with van der Waals surface area (Å²) in [5, 5.41) is 3.00. The first-order chi connectivity index (χ1) is 13.2. The molecule has 2 aromatic carbocycles. The van der Waals surface area contributed by atoms with Crippen molar-refractivity contribution in [2.75, 3.05) is 5.32 Å². The molecule has 132 valence electrons. The molecule has 1 N–H and O–H groups in total. The van der Waals surface area contributed by atoms with Gasteiger partial charge in [-0.1, -0.05) is 66.7 Å². The van der Waals surface area contributed by atoms with Gasteiger partial charge in [0.2, 0.25) is 5.91 Å². The smallest absolute Gasteiger partial charge is 0.249 e. The Balaban J connectivity index is 1.73. The zero-order valence-corrected chi connectivity index (χ0v) is 15.0. The number of hydrogen-bond donors (Lipinski definition) is 1. The lowest BCUT2D eigenvalue weighted by atomic mass is 10.1. The Labute approximate surface area is 157 Å². The maximum absolute atomic E-state index is 12.6. The quantitative estimate of drug-likeness (QED) is 0.527. The summed E-state index contributed by atoms with van der Waals surface area (Å²) in [5.41, 5.74) is 4.58. The van der Waals surface area contributed by atoms with Gasteiger partial charge < -0.3 is 5.32 Å². The van der Waals surface area contributed by atoms with Crippen LogP contribution in [0.5, 0.6) is 0 Å². The number of benzene rings is 2. The molecular formula is C23H19N3O. The monoisotopic (exact) mass is 353 g/mol. The Bertz CT molecular complexity index is 1110. The number of aryl methyl sites for hydroxylation is 1. The van der Waals surface area contributed by atoms with E-state index in [2.05, 4.69) is 5.32 Å². The van der Waals surface area contributed by atoms with Gasteiger partial charge in [0.1, 0.15) is 17.2 Å². The number of carbonyl (C=O) groups excluding carboxylic acids is 1. The first-order valence-corrected chi connectivity index (χ1v) is 8.79. The van der Waals surface area contributed by atoms with Crippen molar-refractivity contribution in [1.82, 2.24) is 9.38 Å². The molecule has 2 aromatic heterocycles. The van der Waals surface area contributed by atoms with Crippen molar-refractivity contribution < 1.29 is 4.79 Å². The van der Waals surface area contributed by atoms with Gasteiger partial charge in [0.05, 0.1) is 0 Å². The Hall–Kier alpha value is -3.66. The number of pyridine rings is 1. The second-order valence-electron chi connectivity index (χ2n) is 6.29. The maximum atomic E-state index is 12.6. The number of rotatable bonds is 4. The van der Waals surface area contributed by atoms with Gasteiger partial charge in [0.15, 0.2) is 0 Å². The molecule has 0 aliphatic heterocycles. The van der Waals surface area contributed by atoms with Crippen molar-refractivity contribution in [2.24, 2.45) is 0 Å². The van der Waals surface area contributed by atoms with Crippen LogP contribution in [0.1, 0.15) is 11.1 Å². The molecule has 4 heteroatoms. The predicted octanol–water partition coefficient (Wildman–Crippen LogP) is 4.96. The van der Waals surface area contributed by atoms with Crippen LogP contribution in [-0.2, 0) is 4.79 Å². The van der Waals surface area contributed by atoms with E-state index in [9.17, 15) is 4.79 Å². The molecule has 4 rings (SSSR count). The second-order valence-corrected chi connectivity index (χ2v) is 6.29. The highest BCUT2D eigenvalue weighted by Gasteiger charge is 2.16. The Morgan fingerprint density at radius 1 is 0.963 bits per heavy atom. The number of aromatic nitrogens is 2. The Morgan fingerprint density at radius 2 is 1.67 bits per heavy atom. The normalized spacial score (nSPS) is 11.1. The highest BCUT2D eigenvalue weighted by atomic mass is 16.1. The predicted molar refractivity (Wildman–Crippen MR) is 109 cm³/mol. The minimum absolute atomic E-state index is 0.195. The summed E-state index contributed by atoms with van der Waals surface area (Å²) >= 11 is 0. The number of carbonyl (C=O) groups is 1. The van der Waals surface area contributed by atoms with Crippen LogP contribution in [0.3, 0.4) is 0 Å². The topological polar surface area (TPSA) is 46.4 Å². The molecule has 1 amide bonds. The minimum atomic E-state index is -0.195. The second kappa shape index (κ2) is 7.30. The van der Waals surface area contributed by atoms with Gasteiger partial charge in [-0.05, 0) is 30.2 Å². The number of anilines is 1. The van der Waals surface area contributed by atoms with Crippen molar-refractivity contribution in [3.05, 3.63) is 96.2 Å². The lowest BCUT2D eigenvalue weighted by Crippen LogP contribution is -2.10. The number of nitrogens with zero attached hydrogens (tertiary/aromatic N) is 2. The van der Waals surface area contributed by atoms with Crippen molar-refractivity contribution in [2.45, 2.75) is 6.92 Å². The van der Waals surface area contributed by atoms with Crippen LogP contribution in [0.15, 0.2) is 85.1 Å². The molecule has 0 saturated heterocycles. The summed E-state index contributed by atoms with van der Waals surface area (Å²) in [7, 11) is 0. The van der Waals surface area contributed by atoms with Crippen molar-refractivity contribution >= 4 is 23.4 Å². The van der Waals surface area contributed by atoms with Crippen molar-refractivity contribution in [1.29, 1.82) is 0 Å². The average Bonchev–Trinajstić information content (AvgIpc) is 3.08. The van der Waals surface area contributed by atoms with Crippen molar-refractivity contribution in [3.8, 4) is 11.3 Å². The molecule has 27 heavy (non-hydrogen) atoms. The van der Waals surface area contributed by atoms with Gasteiger partial charge in [-0.15, -0.1) is 0 Å². The molecule has 0 aliphatic carbocycles. The standard InChI is InChI=1S/C23H19N3O/c1-17-9-8-16-26-22(17)25-21(19-12-6-3-7-13-19)23(26)24-20(27)15-14-18-10-4-2-5-11-18/h2-16H,1H3,(H,24,27)/b15-14+. The molecule has 4 aromatic rings. The minimum Gasteiger partial charge on any atom is -0.306 e. The Kier molecular flexibility index (Phi) is 4.54. The molecule has 0 aliphatic rings. The van der Waals surface area contributed by atoms with E-state index in [4.69, 9.17) is 4.98 Å². The lowest BCUT2D eigenvalue weighted by molar-refractivity contribution is -0.111. The van der Waals surface area contributed by atoms with E-state index in [0.717, 1.165) is 28.0 Å². The van der Waals surface area contributed by atoms with Gasteiger partial charge in [0.25, 0.3) is 0 Å². The fourth-order valence-electron chi connectivity index (χ4n) is 3.02. The van der Waals surface area contributed by atoms with E-state index < -0.39 is 0 Å². The van der Waals surface area contributed by atoms with E-state index in [-0.39, 0.29) is 5.91 Å². The zero-order valence-electron chi connectivity index (χ0n) is 15.0. The number of amides is 1. The van der Waals surface area contributed by atoms with Crippen LogP contribution in [0, 0.1) is 6.92 Å². The highest BCUT2D eigenvalue weighted by Crippen LogP contribution is 2.29. The summed E-state index contributed by atoms with van der Waals surface area (Å²) in [6, 6.07) is 23.6. The molecule has 0 radical (unpaired) electrons. The number of imidazole rings is 1. The number of nitrogens with one attached hydrogen (secondary N) is 1. The van der Waals surface area contributed by atoms with E-state index in [1.54, 1.807) is 12.2 Å². The summed E-state index contributed by atoms with van der Waals surface area (Å²) in [4.78, 5) is 17.3. The van der Waals surface area contributed by atoms with Crippen LogP contribution < -0.4 is 5.32 Å². The van der Waals surface area contributed by atoms with Crippen LogP contribution in [0.4, 0.5) is 5.82 Å². The third-order valence-electron chi connectivity index (χ3n) is 4.36. The molecule has 2 heterocycles. The third-order valence-corrected chi connectivity index (χ3v) is 4.36. The zero-order chi connectivity index (χ0) is 18.6. The van der Waals surface area contributed by atoms with Crippen LogP contribution >= 0.6 is 0 Å². The molecule has 0 bridgehead atoms. The highest BCUT2D eigenvalue weighted by molar-refractivity contribution is 6.03. The third kappa shape index (κ3) is 3.51. The van der Waals surface area contributed by atoms with E-state index >= 15 is 0 Å². The first kappa shape index (κ1) is 16.8. The molecule has 0 saturated carbocycles. The van der Waals surface area contributed by atoms with E-state index in [1.165, 1.54) is 0 Å². The van der Waals surface area contributed by atoms with Crippen LogP contribution in [-0.4, -0.2) is 15.3 Å². The molecule has 4 nitrogen and oxygen atoms in total. The number of hydrogen-bond acceptors (Lipinski definition) is 2. The molecule has 0 atom stereocenters. The van der Waals surface area contributed by atoms with Gasteiger partial charge >= 0.3 is 0 Å². The molecule has 0 fully saturated rings. The summed E-state index contributed by atoms with van der Waals surface area (Å²) in [6.45, 7) is 2.01. The molecular weight excluding hydrogens is 334 g/mol. The van der Waals surface area contributed by atoms with E-state index in [1.807, 2.05) is 90.3 Å². The van der Waals surface area contributed by atoms with Gasteiger partial charge in [-0.25, -0.2) is 4.98 Å². The summed E-state index contributed by atoms with van der Waals surface area (Å²) < 4.78 is 1.92. The fraction of sp³-hybridized carbons (Fsp3) is 0.0435. The van der Waals surface area contributed by atoms with Gasteiger partial charge in [-0.3, -0.25) is 9.20 Å². The summed E-state index contributed by atoms with van der Waals surface area (Å²) in [5.74, 6) is 0.474. The lowest BCUT2D eigenvalue weighted by Gasteiger charge is -2.06. The van der Waals surface area contributed by atoms with Crippen molar-refractivity contribution in [3.63, 3.8) is 0 Å². The van der Waals surface area contributed by atoms with E-state index in [0.29, 0.717) is 5.82 Å². The molecule has 0 spiro atoms. The van der Waals surface area contributed by atoms with Gasteiger partial charge in [-0.2, -0.15) is 0 Å². The van der Waals surface area contributed by atoms with Crippen LogP contribution in [0.25, 0.3) is 23.0 Å².